The molecule has 1 aromatic carbocycles. The number of nitrogens with zero attached hydrogens (tertiary/aromatic N) is 3. The van der Waals surface area contributed by atoms with E-state index in [9.17, 15) is 4.79 Å². The summed E-state index contributed by atoms with van der Waals surface area (Å²) in [7, 11) is 0. The minimum absolute atomic E-state index is 0.0677. The van der Waals surface area contributed by atoms with Gasteiger partial charge in [0.2, 0.25) is 5.91 Å². The first-order valence-electron chi connectivity index (χ1n) is 9.96. The van der Waals surface area contributed by atoms with Gasteiger partial charge in [-0.3, -0.25) is 4.79 Å². The number of benzene rings is 1. The Hall–Kier alpha value is -3.61. The molecule has 0 saturated heterocycles. The van der Waals surface area contributed by atoms with Gasteiger partial charge in [0.15, 0.2) is 0 Å². The molecule has 0 radical (unpaired) electrons. The molecule has 0 fully saturated rings. The molecule has 4 aromatic rings. The van der Waals surface area contributed by atoms with Gasteiger partial charge in [0.05, 0.1) is 18.2 Å². The molecule has 0 spiro atoms. The van der Waals surface area contributed by atoms with E-state index in [2.05, 4.69) is 39.0 Å². The molecular weight excluding hydrogens is 378 g/mol. The number of aromatic nitrogens is 3. The summed E-state index contributed by atoms with van der Waals surface area (Å²) in [4.78, 5) is 20.2. The fourth-order valence-electron chi connectivity index (χ4n) is 3.64. The monoisotopic (exact) mass is 403 g/mol. The van der Waals surface area contributed by atoms with Crippen LogP contribution in [0.2, 0.25) is 0 Å². The average Bonchev–Trinajstić information content (AvgIpc) is 3.32. The lowest BCUT2D eigenvalue weighted by Gasteiger charge is -2.09. The van der Waals surface area contributed by atoms with Crippen LogP contribution in [0.3, 0.4) is 0 Å². The zero-order valence-corrected chi connectivity index (χ0v) is 17.4. The lowest BCUT2D eigenvalue weighted by atomic mass is 10.1. The molecule has 0 aliphatic carbocycles. The second kappa shape index (κ2) is 8.41. The fraction of sp³-hybridized carbons (Fsp3) is 0.261. The van der Waals surface area contributed by atoms with E-state index in [1.54, 1.807) is 12.6 Å². The third-order valence-electron chi connectivity index (χ3n) is 5.28. The smallest absolute Gasteiger partial charge is 0.221 e. The first-order valence-corrected chi connectivity index (χ1v) is 9.96. The van der Waals surface area contributed by atoms with Crippen LogP contribution in [0.1, 0.15) is 29.5 Å². The minimum Gasteiger partial charge on any atom is -0.467 e. The number of aryl methyl sites for hydroxylation is 1. The number of furan rings is 1. The molecule has 30 heavy (non-hydrogen) atoms. The Kier molecular flexibility index (Phi) is 5.52. The molecule has 0 bridgehead atoms. The van der Waals surface area contributed by atoms with Crippen LogP contribution >= 0.6 is 0 Å². The largest absolute Gasteiger partial charge is 0.467 e. The van der Waals surface area contributed by atoms with Crippen LogP contribution < -0.4 is 10.6 Å². The van der Waals surface area contributed by atoms with Crippen molar-refractivity contribution in [2.24, 2.45) is 0 Å². The third kappa shape index (κ3) is 4.05. The number of hydrogen-bond acceptors (Lipinski definition) is 5. The lowest BCUT2D eigenvalue weighted by Crippen LogP contribution is -2.08. The lowest BCUT2D eigenvalue weighted by molar-refractivity contribution is -0.114. The molecule has 3 heterocycles. The van der Waals surface area contributed by atoms with Crippen molar-refractivity contribution in [2.45, 2.75) is 33.7 Å². The highest BCUT2D eigenvalue weighted by molar-refractivity contribution is 5.92. The summed E-state index contributed by atoms with van der Waals surface area (Å²) in [6.07, 6.45) is 4.13. The molecule has 3 aromatic heterocycles. The van der Waals surface area contributed by atoms with E-state index in [1.807, 2.05) is 36.4 Å². The van der Waals surface area contributed by atoms with Gasteiger partial charge in [0.1, 0.15) is 23.6 Å². The Morgan fingerprint density at radius 1 is 1.13 bits per heavy atom. The van der Waals surface area contributed by atoms with Crippen molar-refractivity contribution >= 4 is 28.4 Å². The topological polar surface area (TPSA) is 85.0 Å². The summed E-state index contributed by atoms with van der Waals surface area (Å²) in [5.41, 5.74) is 5.21. The Morgan fingerprint density at radius 2 is 1.93 bits per heavy atom. The van der Waals surface area contributed by atoms with Gasteiger partial charge in [0, 0.05) is 24.8 Å². The van der Waals surface area contributed by atoms with Crippen molar-refractivity contribution in [3.05, 3.63) is 71.6 Å². The minimum atomic E-state index is -0.0677. The van der Waals surface area contributed by atoms with Crippen molar-refractivity contribution in [1.82, 2.24) is 14.5 Å². The van der Waals surface area contributed by atoms with Crippen LogP contribution in [0.5, 0.6) is 0 Å². The van der Waals surface area contributed by atoms with E-state index in [4.69, 9.17) is 4.42 Å². The van der Waals surface area contributed by atoms with E-state index < -0.39 is 0 Å². The number of amides is 1. The first-order chi connectivity index (χ1) is 14.5. The van der Waals surface area contributed by atoms with Gasteiger partial charge in [-0.15, -0.1) is 0 Å². The molecule has 0 aliphatic rings. The number of anilines is 2. The molecule has 1 amide bonds. The molecule has 154 valence electrons. The van der Waals surface area contributed by atoms with Crippen LogP contribution in [-0.4, -0.2) is 27.0 Å². The van der Waals surface area contributed by atoms with Crippen LogP contribution in [0, 0.1) is 13.8 Å². The van der Waals surface area contributed by atoms with Gasteiger partial charge in [0.25, 0.3) is 0 Å². The van der Waals surface area contributed by atoms with Crippen molar-refractivity contribution in [2.75, 3.05) is 17.2 Å². The van der Waals surface area contributed by atoms with Gasteiger partial charge in [-0.1, -0.05) is 12.1 Å². The number of carbonyl (C=O) groups is 1. The van der Waals surface area contributed by atoms with E-state index >= 15 is 0 Å². The van der Waals surface area contributed by atoms with Gasteiger partial charge in [-0.25, -0.2) is 9.97 Å². The fourth-order valence-corrected chi connectivity index (χ4v) is 3.64. The highest BCUT2D eigenvalue weighted by atomic mass is 16.3. The molecule has 0 saturated carbocycles. The molecular formula is C23H25N5O2. The highest BCUT2D eigenvalue weighted by Crippen LogP contribution is 2.29. The van der Waals surface area contributed by atoms with Crippen molar-refractivity contribution < 1.29 is 9.21 Å². The summed E-state index contributed by atoms with van der Waals surface area (Å²) in [5, 5.41) is 7.29. The van der Waals surface area contributed by atoms with Crippen LogP contribution in [0.4, 0.5) is 11.5 Å². The molecule has 7 heteroatoms. The first kappa shape index (κ1) is 19.7. The van der Waals surface area contributed by atoms with Crippen LogP contribution in [-0.2, 0) is 17.8 Å². The predicted octanol–water partition coefficient (Wildman–Crippen LogP) is 4.30. The number of rotatable bonds is 7. The molecule has 4 rings (SSSR count). The van der Waals surface area contributed by atoms with E-state index in [0.717, 1.165) is 47.0 Å². The molecule has 0 aliphatic heterocycles. The third-order valence-corrected chi connectivity index (χ3v) is 5.28. The quantitative estimate of drug-likeness (QED) is 0.480. The predicted molar refractivity (Wildman–Crippen MR) is 118 cm³/mol. The maximum Gasteiger partial charge on any atom is 0.221 e. The van der Waals surface area contributed by atoms with Crippen molar-refractivity contribution in [1.29, 1.82) is 0 Å². The molecule has 0 unspecified atom stereocenters. The molecule has 2 N–H and O–H groups in total. The zero-order chi connectivity index (χ0) is 21.1. The van der Waals surface area contributed by atoms with Crippen molar-refractivity contribution in [3.8, 4) is 0 Å². The number of nitrogens with one attached hydrogen (secondary N) is 2. The Balaban J connectivity index is 1.50. The maximum absolute atomic E-state index is 11.1. The Morgan fingerprint density at radius 3 is 2.63 bits per heavy atom. The average molecular weight is 403 g/mol. The second-order valence-corrected chi connectivity index (χ2v) is 7.35. The van der Waals surface area contributed by atoms with Gasteiger partial charge in [-0.2, -0.15) is 0 Å². The maximum atomic E-state index is 11.1. The standard InChI is InChI=1S/C23H25N5O2/c1-15-16(2)28(13-20-5-4-12-30-20)23-21(15)22(25-14-26-23)24-11-10-18-6-8-19(9-7-18)27-17(3)29/h4-9,12,14H,10-11,13H2,1-3H3,(H,27,29)(H,24,25,26). The van der Waals surface area contributed by atoms with Crippen LogP contribution in [0.25, 0.3) is 11.0 Å². The number of hydrogen-bond donors (Lipinski definition) is 2. The van der Waals surface area contributed by atoms with Gasteiger partial charge in [-0.05, 0) is 55.7 Å². The van der Waals surface area contributed by atoms with Crippen molar-refractivity contribution in [3.63, 3.8) is 0 Å². The van der Waals surface area contributed by atoms with Gasteiger partial charge < -0.3 is 19.6 Å². The van der Waals surface area contributed by atoms with E-state index in [-0.39, 0.29) is 5.91 Å². The van der Waals surface area contributed by atoms with Crippen LogP contribution in [0.15, 0.2) is 53.4 Å². The summed E-state index contributed by atoms with van der Waals surface area (Å²) >= 11 is 0. The van der Waals surface area contributed by atoms with E-state index in [1.165, 1.54) is 18.1 Å². The summed E-state index contributed by atoms with van der Waals surface area (Å²) in [5.74, 6) is 1.67. The highest BCUT2D eigenvalue weighted by Gasteiger charge is 2.17. The van der Waals surface area contributed by atoms with E-state index in [0.29, 0.717) is 6.54 Å². The second-order valence-electron chi connectivity index (χ2n) is 7.35. The summed E-state index contributed by atoms with van der Waals surface area (Å²) < 4.78 is 7.69. The summed E-state index contributed by atoms with van der Waals surface area (Å²) in [6, 6.07) is 11.8. The number of fused-ring (bicyclic) bond motifs is 1. The Bertz CT molecular complexity index is 1160. The normalized spacial score (nSPS) is 11.0. The summed E-state index contributed by atoms with van der Waals surface area (Å²) in [6.45, 7) is 7.09. The SMILES string of the molecule is CC(=O)Nc1ccc(CCNc2ncnc3c2c(C)c(C)n3Cc2ccco2)cc1. The number of carbonyl (C=O) groups excluding carboxylic acids is 1. The molecule has 7 nitrogen and oxygen atoms in total. The van der Waals surface area contributed by atoms with Gasteiger partial charge >= 0.3 is 0 Å². The molecule has 0 atom stereocenters. The zero-order valence-electron chi connectivity index (χ0n) is 17.4. The Labute approximate surface area is 175 Å².